The molecule has 0 N–H and O–H groups in total. The molecule has 1 unspecified atom stereocenters. The van der Waals surface area contributed by atoms with E-state index in [-0.39, 0.29) is 6.04 Å². The lowest BCUT2D eigenvalue weighted by atomic mass is 10.0. The van der Waals surface area contributed by atoms with Gasteiger partial charge in [0.1, 0.15) is 0 Å². The van der Waals surface area contributed by atoms with Gasteiger partial charge in [0.05, 0.1) is 10.9 Å². The summed E-state index contributed by atoms with van der Waals surface area (Å²) in [4.78, 5) is 0.330. The molecule has 1 aliphatic heterocycles. The molecule has 0 fully saturated rings. The first-order valence-corrected chi connectivity index (χ1v) is 10.4. The second kappa shape index (κ2) is 7.14. The molecule has 27 heavy (non-hydrogen) atoms. The third kappa shape index (κ3) is 3.46. The lowest BCUT2D eigenvalue weighted by molar-refractivity contribution is 0.420. The summed E-state index contributed by atoms with van der Waals surface area (Å²) in [7, 11) is -3.61. The van der Waals surface area contributed by atoms with Crippen molar-refractivity contribution >= 4 is 15.6 Å². The number of hydrogen-bond acceptors (Lipinski definition) is 2. The smallest absolute Gasteiger partial charge is 0.207 e. The van der Waals surface area contributed by atoms with E-state index in [0.29, 0.717) is 11.4 Å². The number of aryl methyl sites for hydroxylation is 1. The summed E-state index contributed by atoms with van der Waals surface area (Å²) in [5, 5.41) is 0. The molecular weight excluding hydrogens is 354 g/mol. The Kier molecular flexibility index (Phi) is 4.68. The van der Waals surface area contributed by atoms with Crippen LogP contribution in [0.25, 0.3) is 5.57 Å². The lowest BCUT2D eigenvalue weighted by Crippen LogP contribution is -2.31. The SMILES string of the molecule is Cc1ccc(S(=O)(=O)N2CC(c3ccccc3)=CC2c2ccccc2)cc1. The Bertz CT molecular complexity index is 1060. The number of hydrogen-bond donors (Lipinski definition) is 0. The van der Waals surface area contributed by atoms with Crippen LogP contribution in [0.5, 0.6) is 0 Å². The largest absolute Gasteiger partial charge is 0.244 e. The van der Waals surface area contributed by atoms with Crippen molar-refractivity contribution in [2.24, 2.45) is 0 Å². The van der Waals surface area contributed by atoms with Gasteiger partial charge in [-0.2, -0.15) is 4.31 Å². The topological polar surface area (TPSA) is 37.4 Å². The third-order valence-electron chi connectivity index (χ3n) is 4.91. The van der Waals surface area contributed by atoms with Gasteiger partial charge in [0, 0.05) is 6.54 Å². The molecular formula is C23H21NO2S. The molecule has 0 amide bonds. The average Bonchev–Trinajstić information content (AvgIpc) is 3.16. The van der Waals surface area contributed by atoms with E-state index in [1.165, 1.54) is 0 Å². The van der Waals surface area contributed by atoms with Gasteiger partial charge in [-0.25, -0.2) is 8.42 Å². The number of rotatable bonds is 4. The van der Waals surface area contributed by atoms with Gasteiger partial charge in [-0.15, -0.1) is 0 Å². The van der Waals surface area contributed by atoms with Gasteiger partial charge < -0.3 is 0 Å². The van der Waals surface area contributed by atoms with E-state index in [1.807, 2.05) is 79.7 Å². The molecule has 136 valence electrons. The lowest BCUT2D eigenvalue weighted by Gasteiger charge is -2.24. The molecule has 1 heterocycles. The van der Waals surface area contributed by atoms with Crippen LogP contribution in [0.2, 0.25) is 0 Å². The third-order valence-corrected chi connectivity index (χ3v) is 6.75. The van der Waals surface area contributed by atoms with E-state index in [2.05, 4.69) is 6.08 Å². The highest BCUT2D eigenvalue weighted by Gasteiger charge is 2.36. The van der Waals surface area contributed by atoms with Crippen molar-refractivity contribution in [2.75, 3.05) is 6.54 Å². The molecule has 3 aromatic carbocycles. The van der Waals surface area contributed by atoms with Gasteiger partial charge in [0.2, 0.25) is 10.0 Å². The minimum atomic E-state index is -3.61. The van der Waals surface area contributed by atoms with Crippen LogP contribution in [0, 0.1) is 6.92 Å². The van der Waals surface area contributed by atoms with E-state index in [9.17, 15) is 8.42 Å². The molecule has 1 atom stereocenters. The van der Waals surface area contributed by atoms with Crippen LogP contribution in [0.4, 0.5) is 0 Å². The zero-order valence-electron chi connectivity index (χ0n) is 15.1. The Morgan fingerprint density at radius 1 is 0.815 bits per heavy atom. The van der Waals surface area contributed by atoms with E-state index >= 15 is 0 Å². The molecule has 4 heteroatoms. The van der Waals surface area contributed by atoms with Crippen molar-refractivity contribution in [2.45, 2.75) is 17.9 Å². The van der Waals surface area contributed by atoms with Gasteiger partial charge in [0.15, 0.2) is 0 Å². The van der Waals surface area contributed by atoms with Gasteiger partial charge in [0.25, 0.3) is 0 Å². The summed E-state index contributed by atoms with van der Waals surface area (Å²) in [6.45, 7) is 2.31. The van der Waals surface area contributed by atoms with Crippen LogP contribution in [-0.2, 0) is 10.0 Å². The number of nitrogens with zero attached hydrogens (tertiary/aromatic N) is 1. The molecule has 0 saturated heterocycles. The first-order valence-electron chi connectivity index (χ1n) is 8.95. The molecule has 3 nitrogen and oxygen atoms in total. The van der Waals surface area contributed by atoms with E-state index < -0.39 is 10.0 Å². The highest BCUT2D eigenvalue weighted by Crippen LogP contribution is 2.38. The zero-order valence-corrected chi connectivity index (χ0v) is 15.9. The van der Waals surface area contributed by atoms with Crippen molar-refractivity contribution in [1.29, 1.82) is 0 Å². The van der Waals surface area contributed by atoms with Gasteiger partial charge >= 0.3 is 0 Å². The van der Waals surface area contributed by atoms with Crippen LogP contribution in [-0.4, -0.2) is 19.3 Å². The van der Waals surface area contributed by atoms with Crippen LogP contribution in [0.3, 0.4) is 0 Å². The van der Waals surface area contributed by atoms with Crippen LogP contribution in [0.1, 0.15) is 22.7 Å². The first kappa shape index (κ1) is 17.7. The highest BCUT2D eigenvalue weighted by molar-refractivity contribution is 7.89. The maximum atomic E-state index is 13.4. The summed E-state index contributed by atoms with van der Waals surface area (Å²) in [5.41, 5.74) is 4.09. The fourth-order valence-corrected chi connectivity index (χ4v) is 4.97. The van der Waals surface area contributed by atoms with Crippen molar-refractivity contribution in [1.82, 2.24) is 4.31 Å². The standard InChI is InChI=1S/C23H21NO2S/c1-18-12-14-22(15-13-18)27(25,26)24-17-21(19-8-4-2-5-9-19)16-23(24)20-10-6-3-7-11-20/h2-16,23H,17H2,1H3. The Morgan fingerprint density at radius 2 is 1.41 bits per heavy atom. The summed E-state index contributed by atoms with van der Waals surface area (Å²) in [6, 6.07) is 26.5. The Labute approximate surface area is 160 Å². The maximum Gasteiger partial charge on any atom is 0.244 e. The predicted molar refractivity (Wildman–Crippen MR) is 109 cm³/mol. The quantitative estimate of drug-likeness (QED) is 0.655. The Balaban J connectivity index is 1.78. The van der Waals surface area contributed by atoms with Gasteiger partial charge in [-0.3, -0.25) is 0 Å². The minimum absolute atomic E-state index is 0.312. The molecule has 0 aromatic heterocycles. The van der Waals surface area contributed by atoms with Crippen molar-refractivity contribution < 1.29 is 8.42 Å². The fraction of sp³-hybridized carbons (Fsp3) is 0.130. The summed E-state index contributed by atoms with van der Waals surface area (Å²) < 4.78 is 28.4. The maximum absolute atomic E-state index is 13.4. The van der Waals surface area contributed by atoms with Crippen molar-refractivity contribution in [3.8, 4) is 0 Å². The van der Waals surface area contributed by atoms with Crippen LogP contribution in [0.15, 0.2) is 95.9 Å². The molecule has 1 aliphatic rings. The molecule has 0 saturated carbocycles. The first-order chi connectivity index (χ1) is 13.1. The number of benzene rings is 3. The second-order valence-corrected chi connectivity index (χ2v) is 8.67. The van der Waals surface area contributed by atoms with E-state index in [1.54, 1.807) is 16.4 Å². The summed E-state index contributed by atoms with van der Waals surface area (Å²) in [6.07, 6.45) is 2.07. The van der Waals surface area contributed by atoms with Crippen LogP contribution >= 0.6 is 0 Å². The Morgan fingerprint density at radius 3 is 2.04 bits per heavy atom. The van der Waals surface area contributed by atoms with Crippen LogP contribution < -0.4 is 0 Å². The molecule has 0 bridgehead atoms. The number of sulfonamides is 1. The van der Waals surface area contributed by atoms with Gasteiger partial charge in [-0.1, -0.05) is 84.4 Å². The Hall–Kier alpha value is -2.69. The second-order valence-electron chi connectivity index (χ2n) is 6.78. The summed E-state index contributed by atoms with van der Waals surface area (Å²) in [5.74, 6) is 0. The zero-order chi connectivity index (χ0) is 18.9. The molecule has 0 radical (unpaired) electrons. The van der Waals surface area contributed by atoms with E-state index in [4.69, 9.17) is 0 Å². The normalized spacial score (nSPS) is 17.7. The molecule has 4 rings (SSSR count). The van der Waals surface area contributed by atoms with Gasteiger partial charge in [-0.05, 0) is 35.8 Å². The molecule has 0 spiro atoms. The highest BCUT2D eigenvalue weighted by atomic mass is 32.2. The fourth-order valence-electron chi connectivity index (χ4n) is 3.43. The van der Waals surface area contributed by atoms with Crippen molar-refractivity contribution in [3.05, 3.63) is 108 Å². The van der Waals surface area contributed by atoms with Crippen molar-refractivity contribution in [3.63, 3.8) is 0 Å². The molecule has 0 aliphatic carbocycles. The molecule has 3 aromatic rings. The minimum Gasteiger partial charge on any atom is -0.207 e. The summed E-state index contributed by atoms with van der Waals surface area (Å²) >= 11 is 0. The predicted octanol–water partition coefficient (Wildman–Crippen LogP) is 4.82. The monoisotopic (exact) mass is 375 g/mol. The average molecular weight is 375 g/mol. The van der Waals surface area contributed by atoms with E-state index in [0.717, 1.165) is 22.3 Å².